The first-order chi connectivity index (χ1) is 20.1. The van der Waals surface area contributed by atoms with Gasteiger partial charge in [-0.15, -0.1) is 0 Å². The monoisotopic (exact) mass is 585 g/mol. The first kappa shape index (κ1) is 29.0. The second-order valence-corrected chi connectivity index (χ2v) is 13.9. The fraction of sp³-hybridized carbons (Fsp3) is 0.559. The summed E-state index contributed by atoms with van der Waals surface area (Å²) in [6.07, 6.45) is 4.57. The highest BCUT2D eigenvalue weighted by molar-refractivity contribution is 6.31. The van der Waals surface area contributed by atoms with Crippen LogP contribution in [-0.2, 0) is 6.54 Å². The molecule has 7 nitrogen and oxygen atoms in total. The normalized spacial score (nSPS) is 25.6. The molecule has 1 aromatic heterocycles. The van der Waals surface area contributed by atoms with Crippen LogP contribution in [0.15, 0.2) is 30.3 Å². The van der Waals surface area contributed by atoms with Crippen molar-refractivity contribution >= 4 is 17.5 Å². The average molecular weight is 586 g/mol. The maximum atomic E-state index is 13.6. The largest absolute Gasteiger partial charge is 0.489 e. The van der Waals surface area contributed by atoms with Crippen LogP contribution in [0.1, 0.15) is 80.7 Å². The van der Waals surface area contributed by atoms with Gasteiger partial charge < -0.3 is 19.9 Å². The number of pyridine rings is 1. The molecule has 8 heteroatoms. The molecule has 1 amide bonds. The summed E-state index contributed by atoms with van der Waals surface area (Å²) in [5.41, 5.74) is 2.02. The predicted molar refractivity (Wildman–Crippen MR) is 163 cm³/mol. The number of halogens is 1. The predicted octanol–water partition coefficient (Wildman–Crippen LogP) is 5.26. The number of nitrogens with one attached hydrogen (secondary N) is 1. The molecule has 2 saturated heterocycles. The van der Waals surface area contributed by atoms with E-state index in [-0.39, 0.29) is 28.9 Å². The summed E-state index contributed by atoms with van der Waals surface area (Å²) in [5, 5.41) is 13.0. The molecule has 4 heterocycles. The number of likely N-dealkylation sites (tertiary alicyclic amines) is 1. The lowest BCUT2D eigenvalue weighted by Gasteiger charge is -2.65. The second kappa shape index (κ2) is 11.2. The highest BCUT2D eigenvalue weighted by atomic mass is 35.5. The van der Waals surface area contributed by atoms with E-state index in [9.17, 15) is 10.1 Å². The number of carbonyl (C=O) groups excluding carboxylic acids is 1. The number of amides is 1. The van der Waals surface area contributed by atoms with Crippen LogP contribution in [0, 0.1) is 39.9 Å². The Morgan fingerprint density at radius 2 is 1.76 bits per heavy atom. The van der Waals surface area contributed by atoms with Gasteiger partial charge in [0.1, 0.15) is 23.6 Å². The van der Waals surface area contributed by atoms with Crippen LogP contribution in [0.4, 0.5) is 0 Å². The lowest BCUT2D eigenvalue weighted by atomic mass is 9.49. The number of benzene rings is 1. The van der Waals surface area contributed by atoms with E-state index >= 15 is 0 Å². The Balaban J connectivity index is 1.11. The molecule has 1 aromatic carbocycles. The van der Waals surface area contributed by atoms with Crippen LogP contribution in [0.3, 0.4) is 0 Å². The van der Waals surface area contributed by atoms with Gasteiger partial charge in [0.15, 0.2) is 0 Å². The van der Waals surface area contributed by atoms with Crippen molar-refractivity contribution in [2.75, 3.05) is 26.2 Å². The van der Waals surface area contributed by atoms with E-state index in [0.29, 0.717) is 34.4 Å². The Bertz CT molecular complexity index is 1450. The van der Waals surface area contributed by atoms with Crippen molar-refractivity contribution in [2.45, 2.75) is 78.1 Å². The fourth-order valence-electron chi connectivity index (χ4n) is 8.25. The van der Waals surface area contributed by atoms with Gasteiger partial charge in [-0.2, -0.15) is 5.26 Å². The quantitative estimate of drug-likeness (QED) is 0.493. The van der Waals surface area contributed by atoms with Crippen molar-refractivity contribution < 1.29 is 9.53 Å². The smallest absolute Gasteiger partial charge is 0.256 e. The summed E-state index contributed by atoms with van der Waals surface area (Å²) in [6.45, 7) is 13.6. The van der Waals surface area contributed by atoms with Gasteiger partial charge in [-0.1, -0.05) is 45.2 Å². The standard InChI is InChI=1S/C34H40ClN5O2/c1-33(2)31(34(3,4)32(33)42-26-9-6-23(20-36)28(35)19-26)40-21-29-27(30(40)41)10-8-24(38-29)7-5-22-13-17-39(18-14-22)25-11-15-37-16-12-25/h6,8-10,19,22,25,31-32,37H,11-18,21H2,1-4H3. The molecular weight excluding hydrogens is 546 g/mol. The number of hydrogen-bond acceptors (Lipinski definition) is 6. The van der Waals surface area contributed by atoms with Gasteiger partial charge in [0.2, 0.25) is 0 Å². The summed E-state index contributed by atoms with van der Waals surface area (Å²) < 4.78 is 6.44. The van der Waals surface area contributed by atoms with Crippen molar-refractivity contribution in [3.8, 4) is 23.7 Å². The minimum absolute atomic E-state index is 0.0216. The molecule has 3 fully saturated rings. The number of hydrogen-bond donors (Lipinski definition) is 1. The molecule has 0 bridgehead atoms. The minimum Gasteiger partial charge on any atom is -0.489 e. The van der Waals surface area contributed by atoms with Gasteiger partial charge in [0.25, 0.3) is 5.91 Å². The third-order valence-electron chi connectivity index (χ3n) is 9.93. The summed E-state index contributed by atoms with van der Waals surface area (Å²) in [6, 6.07) is 11.7. The number of ether oxygens (including phenoxy) is 1. The lowest BCUT2D eigenvalue weighted by molar-refractivity contribution is -0.199. The molecule has 1 saturated carbocycles. The van der Waals surface area contributed by atoms with E-state index < -0.39 is 0 Å². The Morgan fingerprint density at radius 1 is 1.05 bits per heavy atom. The number of aromatic nitrogens is 1. The average Bonchev–Trinajstić information content (AvgIpc) is 3.29. The van der Waals surface area contributed by atoms with Crippen molar-refractivity contribution in [1.29, 1.82) is 5.26 Å². The number of nitriles is 1. The molecule has 6 rings (SSSR count). The van der Waals surface area contributed by atoms with Crippen molar-refractivity contribution in [2.24, 2.45) is 16.7 Å². The van der Waals surface area contributed by atoms with Crippen LogP contribution >= 0.6 is 11.6 Å². The van der Waals surface area contributed by atoms with Crippen LogP contribution in [0.2, 0.25) is 5.02 Å². The van der Waals surface area contributed by atoms with Crippen LogP contribution in [-0.4, -0.2) is 65.1 Å². The van der Waals surface area contributed by atoms with Gasteiger partial charge >= 0.3 is 0 Å². The Kier molecular flexibility index (Phi) is 7.73. The number of fused-ring (bicyclic) bond motifs is 1. The van der Waals surface area contributed by atoms with Crippen molar-refractivity contribution in [3.05, 3.63) is 57.9 Å². The van der Waals surface area contributed by atoms with Crippen LogP contribution < -0.4 is 10.1 Å². The third kappa shape index (κ3) is 5.17. The Hall–Kier alpha value is -3.10. The number of rotatable bonds is 4. The Morgan fingerprint density at radius 3 is 2.43 bits per heavy atom. The zero-order valence-corrected chi connectivity index (χ0v) is 25.8. The summed E-state index contributed by atoms with van der Waals surface area (Å²) in [7, 11) is 0. The maximum Gasteiger partial charge on any atom is 0.256 e. The van der Waals surface area contributed by atoms with Crippen molar-refractivity contribution in [1.82, 2.24) is 20.1 Å². The van der Waals surface area contributed by atoms with E-state index in [1.165, 1.54) is 12.8 Å². The highest BCUT2D eigenvalue weighted by Gasteiger charge is 2.67. The molecule has 1 aliphatic carbocycles. The fourth-order valence-corrected chi connectivity index (χ4v) is 8.46. The van der Waals surface area contributed by atoms with Crippen LogP contribution in [0.25, 0.3) is 0 Å². The summed E-state index contributed by atoms with van der Waals surface area (Å²) >= 11 is 6.26. The number of carbonyl (C=O) groups is 1. The first-order valence-corrected chi connectivity index (χ1v) is 15.6. The molecule has 0 spiro atoms. The van der Waals surface area contributed by atoms with Gasteiger partial charge in [0, 0.05) is 34.9 Å². The zero-order chi connectivity index (χ0) is 29.6. The molecule has 1 N–H and O–H groups in total. The molecular formula is C34H40ClN5O2. The van der Waals surface area contributed by atoms with E-state index in [4.69, 9.17) is 21.3 Å². The van der Waals surface area contributed by atoms with Gasteiger partial charge in [-0.25, -0.2) is 4.98 Å². The number of nitrogens with zero attached hydrogens (tertiary/aromatic N) is 4. The topological polar surface area (TPSA) is 81.5 Å². The molecule has 3 aliphatic heterocycles. The van der Waals surface area contributed by atoms with Crippen molar-refractivity contribution in [3.63, 3.8) is 0 Å². The van der Waals surface area contributed by atoms with E-state index in [2.05, 4.69) is 55.8 Å². The molecule has 0 unspecified atom stereocenters. The van der Waals surface area contributed by atoms with Crippen LogP contribution in [0.5, 0.6) is 5.75 Å². The molecule has 220 valence electrons. The Labute approximate surface area is 254 Å². The second-order valence-electron chi connectivity index (χ2n) is 13.5. The SMILES string of the molecule is CC1(C)C(Oc2ccc(C#N)c(Cl)c2)C(C)(C)C1N1Cc2nc(C#CC3CCN(C4CCNCC4)CC3)ccc2C1=O. The van der Waals surface area contributed by atoms with E-state index in [1.54, 1.807) is 18.2 Å². The molecule has 4 aliphatic rings. The maximum absolute atomic E-state index is 13.6. The summed E-state index contributed by atoms with van der Waals surface area (Å²) in [4.78, 5) is 23.1. The number of piperidine rings is 2. The molecule has 0 atom stereocenters. The molecule has 0 radical (unpaired) electrons. The van der Waals surface area contributed by atoms with Gasteiger partial charge in [-0.3, -0.25) is 4.79 Å². The molecule has 42 heavy (non-hydrogen) atoms. The minimum atomic E-state index is -0.312. The van der Waals surface area contributed by atoms with E-state index in [1.807, 2.05) is 17.0 Å². The zero-order valence-electron chi connectivity index (χ0n) is 25.0. The molecule has 2 aromatic rings. The summed E-state index contributed by atoms with van der Waals surface area (Å²) in [5.74, 6) is 7.87. The first-order valence-electron chi connectivity index (χ1n) is 15.2. The van der Waals surface area contributed by atoms with Gasteiger partial charge in [-0.05, 0) is 82.0 Å². The highest BCUT2D eigenvalue weighted by Crippen LogP contribution is 2.59. The lowest BCUT2D eigenvalue weighted by Crippen LogP contribution is -2.74. The van der Waals surface area contributed by atoms with E-state index in [0.717, 1.165) is 56.5 Å². The third-order valence-corrected chi connectivity index (χ3v) is 10.2. The van der Waals surface area contributed by atoms with Gasteiger partial charge in [0.05, 0.1) is 28.4 Å².